The lowest BCUT2D eigenvalue weighted by atomic mass is 9.91. The molecule has 1 aliphatic rings. The molecule has 2 aromatic rings. The number of ketones is 1. The Morgan fingerprint density at radius 3 is 2.28 bits per heavy atom. The van der Waals surface area contributed by atoms with Crippen molar-refractivity contribution in [2.45, 2.75) is 12.5 Å². The molecule has 1 unspecified atom stereocenters. The molecular weight excluding hydrogens is 422 g/mol. The van der Waals surface area contributed by atoms with Crippen LogP contribution in [0, 0.1) is 0 Å². The lowest BCUT2D eigenvalue weighted by Crippen LogP contribution is -2.44. The van der Waals surface area contributed by atoms with E-state index in [2.05, 4.69) is 5.32 Å². The van der Waals surface area contributed by atoms with E-state index < -0.39 is 46.6 Å². The van der Waals surface area contributed by atoms with Gasteiger partial charge >= 0.3 is 11.7 Å². The van der Waals surface area contributed by atoms with Crippen LogP contribution in [-0.4, -0.2) is 52.5 Å². The van der Waals surface area contributed by atoms with Crippen LogP contribution in [0.2, 0.25) is 0 Å². The third kappa shape index (κ3) is 3.29. The normalized spacial score (nSPS) is 18.0. The first-order valence-electron chi connectivity index (χ1n) is 9.43. The number of urea groups is 1. The summed E-state index contributed by atoms with van der Waals surface area (Å²) in [7, 11) is 5.39. The average molecular weight is 445 g/mol. The zero-order valence-corrected chi connectivity index (χ0v) is 18.2. The number of nitrogens with zero attached hydrogens (tertiary/aromatic N) is 3. The van der Waals surface area contributed by atoms with Crippen LogP contribution in [0.4, 0.5) is 10.6 Å². The number of amides is 3. The number of nitrogens with two attached hydrogens (primary N) is 1. The molecule has 0 aliphatic carbocycles. The standard InChI is InChI=1S/C20H23N5O7/c1-20(10-6-7-12(31-4)13(8-10)32-5)17(28)25(18(29)22-20)9-11(26)14-15(21)23(2)19(30)24(3)16(14)27/h6-8H,9,21H2,1-5H3,(H,22,29). The van der Waals surface area contributed by atoms with E-state index >= 15 is 0 Å². The molecule has 1 fully saturated rings. The number of nitrogens with one attached hydrogen (secondary N) is 1. The number of methoxy groups -OCH3 is 2. The summed E-state index contributed by atoms with van der Waals surface area (Å²) in [5.41, 5.74) is 2.62. The fourth-order valence-electron chi connectivity index (χ4n) is 3.53. The molecule has 0 radical (unpaired) electrons. The summed E-state index contributed by atoms with van der Waals surface area (Å²) in [4.78, 5) is 63.7. The van der Waals surface area contributed by atoms with Crippen molar-refractivity contribution >= 4 is 23.5 Å². The summed E-state index contributed by atoms with van der Waals surface area (Å²) >= 11 is 0. The van der Waals surface area contributed by atoms with Crippen molar-refractivity contribution < 1.29 is 23.9 Å². The average Bonchev–Trinajstić information content (AvgIpc) is 2.99. The minimum absolute atomic E-state index is 0.349. The highest BCUT2D eigenvalue weighted by Gasteiger charge is 2.50. The van der Waals surface area contributed by atoms with Crippen LogP contribution >= 0.6 is 0 Å². The summed E-state index contributed by atoms with van der Waals surface area (Å²) in [5.74, 6) is -1.14. The second-order valence-electron chi connectivity index (χ2n) is 7.41. The molecule has 1 aliphatic heterocycles. The summed E-state index contributed by atoms with van der Waals surface area (Å²) in [6.07, 6.45) is 0. The number of Topliss-reactive ketones (excluding diaryl/α,β-unsaturated/α-hetero) is 1. The number of carbonyl (C=O) groups is 3. The molecule has 12 nitrogen and oxygen atoms in total. The van der Waals surface area contributed by atoms with Crippen molar-refractivity contribution in [1.82, 2.24) is 19.4 Å². The minimum atomic E-state index is -1.49. The molecule has 32 heavy (non-hydrogen) atoms. The number of carbonyl (C=O) groups excluding carboxylic acids is 3. The molecule has 1 atom stereocenters. The number of benzene rings is 1. The van der Waals surface area contributed by atoms with Gasteiger partial charge in [0.15, 0.2) is 17.3 Å². The lowest BCUT2D eigenvalue weighted by Gasteiger charge is -2.23. The van der Waals surface area contributed by atoms with Gasteiger partial charge in [0, 0.05) is 14.1 Å². The first-order chi connectivity index (χ1) is 15.0. The Labute approximate surface area is 182 Å². The highest BCUT2D eigenvalue weighted by atomic mass is 16.5. The molecule has 3 N–H and O–H groups in total. The van der Waals surface area contributed by atoms with E-state index in [1.54, 1.807) is 18.2 Å². The van der Waals surface area contributed by atoms with E-state index in [0.717, 1.165) is 9.13 Å². The van der Waals surface area contributed by atoms with Gasteiger partial charge in [-0.25, -0.2) is 9.59 Å². The zero-order valence-electron chi connectivity index (χ0n) is 18.2. The Morgan fingerprint density at radius 2 is 1.69 bits per heavy atom. The lowest BCUT2D eigenvalue weighted by molar-refractivity contribution is -0.130. The number of rotatable bonds is 6. The molecule has 170 valence electrons. The number of anilines is 1. The van der Waals surface area contributed by atoms with E-state index in [1.807, 2.05) is 0 Å². The SMILES string of the molecule is COc1ccc(C2(C)NC(=O)N(CC(=O)c3c(N)n(C)c(=O)n(C)c3=O)C2=O)cc1OC. The molecule has 1 aromatic carbocycles. The van der Waals surface area contributed by atoms with Gasteiger partial charge in [-0.2, -0.15) is 0 Å². The van der Waals surface area contributed by atoms with Gasteiger partial charge in [0.05, 0.1) is 20.8 Å². The van der Waals surface area contributed by atoms with Gasteiger partial charge in [-0.05, 0) is 24.6 Å². The molecule has 0 bridgehead atoms. The highest BCUT2D eigenvalue weighted by Crippen LogP contribution is 2.35. The fourth-order valence-corrected chi connectivity index (χ4v) is 3.53. The van der Waals surface area contributed by atoms with Crippen molar-refractivity contribution in [3.8, 4) is 11.5 Å². The fraction of sp³-hybridized carbons (Fsp3) is 0.350. The Morgan fingerprint density at radius 1 is 1.06 bits per heavy atom. The van der Waals surface area contributed by atoms with Crippen LogP contribution in [0.25, 0.3) is 0 Å². The van der Waals surface area contributed by atoms with Crippen molar-refractivity contribution in [3.05, 3.63) is 50.2 Å². The second kappa shape index (κ2) is 7.87. The summed E-state index contributed by atoms with van der Waals surface area (Å²) in [5, 5.41) is 2.57. The van der Waals surface area contributed by atoms with Crippen LogP contribution in [0.5, 0.6) is 11.5 Å². The Hall–Kier alpha value is -4.09. The minimum Gasteiger partial charge on any atom is -0.493 e. The first kappa shape index (κ1) is 22.6. The van der Waals surface area contributed by atoms with E-state index in [1.165, 1.54) is 35.2 Å². The number of hydrogen-bond acceptors (Lipinski definition) is 8. The molecule has 1 aromatic heterocycles. The summed E-state index contributed by atoms with van der Waals surface area (Å²) in [6, 6.07) is 3.90. The predicted octanol–water partition coefficient (Wildman–Crippen LogP) is -0.667. The molecule has 3 rings (SSSR count). The molecule has 0 saturated carbocycles. The maximum atomic E-state index is 13.2. The van der Waals surface area contributed by atoms with Crippen LogP contribution < -0.4 is 31.8 Å². The molecule has 0 spiro atoms. The highest BCUT2D eigenvalue weighted by molar-refractivity contribution is 6.12. The molecular formula is C20H23N5O7. The number of aromatic nitrogens is 2. The van der Waals surface area contributed by atoms with Crippen LogP contribution in [-0.2, 0) is 24.4 Å². The van der Waals surface area contributed by atoms with E-state index in [4.69, 9.17) is 15.2 Å². The second-order valence-corrected chi connectivity index (χ2v) is 7.41. The molecule has 12 heteroatoms. The third-order valence-electron chi connectivity index (χ3n) is 5.53. The van der Waals surface area contributed by atoms with Gasteiger partial charge in [0.2, 0.25) is 0 Å². The van der Waals surface area contributed by atoms with Gasteiger partial charge in [0.25, 0.3) is 11.5 Å². The number of hydrogen-bond donors (Lipinski definition) is 2. The van der Waals surface area contributed by atoms with Crippen molar-refractivity contribution in [2.75, 3.05) is 26.5 Å². The third-order valence-corrected chi connectivity index (χ3v) is 5.53. The van der Waals surface area contributed by atoms with E-state index in [-0.39, 0.29) is 5.82 Å². The van der Waals surface area contributed by atoms with Gasteiger partial charge in [-0.15, -0.1) is 0 Å². The summed E-state index contributed by atoms with van der Waals surface area (Å²) in [6.45, 7) is 0.754. The first-order valence-corrected chi connectivity index (χ1v) is 9.43. The van der Waals surface area contributed by atoms with Crippen LogP contribution in [0.1, 0.15) is 22.8 Å². The van der Waals surface area contributed by atoms with Crippen LogP contribution in [0.3, 0.4) is 0 Å². The summed E-state index contributed by atoms with van der Waals surface area (Å²) < 4.78 is 12.1. The van der Waals surface area contributed by atoms with E-state index in [9.17, 15) is 24.0 Å². The van der Waals surface area contributed by atoms with Crippen molar-refractivity contribution in [3.63, 3.8) is 0 Å². The van der Waals surface area contributed by atoms with Gasteiger partial charge in [-0.1, -0.05) is 6.07 Å². The Kier molecular flexibility index (Phi) is 5.56. The topological polar surface area (TPSA) is 155 Å². The predicted molar refractivity (Wildman–Crippen MR) is 113 cm³/mol. The largest absolute Gasteiger partial charge is 0.493 e. The molecule has 3 amide bonds. The maximum absolute atomic E-state index is 13.2. The molecule has 1 saturated heterocycles. The monoisotopic (exact) mass is 445 g/mol. The van der Waals surface area contributed by atoms with Gasteiger partial charge < -0.3 is 20.5 Å². The smallest absolute Gasteiger partial charge is 0.332 e. The van der Waals surface area contributed by atoms with E-state index in [0.29, 0.717) is 22.0 Å². The van der Waals surface area contributed by atoms with Crippen molar-refractivity contribution in [2.24, 2.45) is 14.1 Å². The number of nitrogen functional groups attached to an aromatic ring is 1. The maximum Gasteiger partial charge on any atom is 0.332 e. The quantitative estimate of drug-likeness (QED) is 0.438. The Bertz CT molecular complexity index is 1260. The van der Waals surface area contributed by atoms with Gasteiger partial charge in [-0.3, -0.25) is 28.4 Å². The van der Waals surface area contributed by atoms with Crippen LogP contribution in [0.15, 0.2) is 27.8 Å². The van der Waals surface area contributed by atoms with Crippen molar-refractivity contribution in [1.29, 1.82) is 0 Å². The number of imide groups is 1. The Balaban J connectivity index is 1.97. The molecule has 2 heterocycles. The number of ether oxygens (including phenoxy) is 2. The zero-order chi connectivity index (χ0) is 24.0. The van der Waals surface area contributed by atoms with Gasteiger partial charge in [0.1, 0.15) is 16.9 Å².